The van der Waals surface area contributed by atoms with Crippen LogP contribution in [0.5, 0.6) is 0 Å². The maximum absolute atomic E-state index is 11.8. The van der Waals surface area contributed by atoms with Gasteiger partial charge in [0.25, 0.3) is 5.91 Å². The van der Waals surface area contributed by atoms with Crippen LogP contribution in [0.15, 0.2) is 17.5 Å². The summed E-state index contributed by atoms with van der Waals surface area (Å²) in [5, 5.41) is 12.0. The lowest BCUT2D eigenvalue weighted by molar-refractivity contribution is -0.0956. The molecule has 80 valence electrons. The minimum atomic E-state index is -0.563. The SMILES string of the molecule is O=C(c1cccs1)N1CC(O)(C2CC2)C1. The van der Waals surface area contributed by atoms with Crippen molar-refractivity contribution in [2.45, 2.75) is 18.4 Å². The summed E-state index contributed by atoms with van der Waals surface area (Å²) >= 11 is 1.46. The van der Waals surface area contributed by atoms with Crippen molar-refractivity contribution in [3.05, 3.63) is 22.4 Å². The fourth-order valence-corrected chi connectivity index (χ4v) is 2.88. The van der Waals surface area contributed by atoms with Gasteiger partial charge in [0.15, 0.2) is 0 Å². The maximum Gasteiger partial charge on any atom is 0.264 e. The smallest absolute Gasteiger partial charge is 0.264 e. The molecule has 2 aliphatic rings. The van der Waals surface area contributed by atoms with E-state index in [2.05, 4.69) is 0 Å². The molecule has 1 aromatic rings. The van der Waals surface area contributed by atoms with Crippen LogP contribution in [0, 0.1) is 5.92 Å². The van der Waals surface area contributed by atoms with Gasteiger partial charge in [-0.05, 0) is 30.2 Å². The number of hydrogen-bond acceptors (Lipinski definition) is 3. The van der Waals surface area contributed by atoms with Crippen molar-refractivity contribution in [3.8, 4) is 0 Å². The van der Waals surface area contributed by atoms with Crippen molar-refractivity contribution >= 4 is 17.2 Å². The lowest BCUT2D eigenvalue weighted by atomic mass is 9.88. The number of thiophene rings is 1. The van der Waals surface area contributed by atoms with E-state index in [0.717, 1.165) is 17.7 Å². The summed E-state index contributed by atoms with van der Waals surface area (Å²) in [6, 6.07) is 3.71. The first kappa shape index (κ1) is 9.36. The molecule has 1 aliphatic heterocycles. The Kier molecular flexibility index (Phi) is 1.91. The van der Waals surface area contributed by atoms with E-state index >= 15 is 0 Å². The molecule has 3 rings (SSSR count). The molecule has 0 bridgehead atoms. The van der Waals surface area contributed by atoms with Crippen molar-refractivity contribution in [3.63, 3.8) is 0 Å². The van der Waals surface area contributed by atoms with E-state index in [1.54, 1.807) is 4.90 Å². The Morgan fingerprint density at radius 3 is 2.80 bits per heavy atom. The van der Waals surface area contributed by atoms with Gasteiger partial charge in [0.1, 0.15) is 5.60 Å². The summed E-state index contributed by atoms with van der Waals surface area (Å²) < 4.78 is 0. The molecule has 0 atom stereocenters. The monoisotopic (exact) mass is 223 g/mol. The molecule has 2 heterocycles. The molecule has 3 nitrogen and oxygen atoms in total. The fourth-order valence-electron chi connectivity index (χ4n) is 2.19. The molecule has 0 spiro atoms. The van der Waals surface area contributed by atoms with Gasteiger partial charge in [0.2, 0.25) is 0 Å². The number of hydrogen-bond donors (Lipinski definition) is 1. The maximum atomic E-state index is 11.8. The zero-order valence-corrected chi connectivity index (χ0v) is 9.17. The summed E-state index contributed by atoms with van der Waals surface area (Å²) in [5.74, 6) is 0.514. The highest BCUT2D eigenvalue weighted by Crippen LogP contribution is 2.44. The minimum Gasteiger partial charge on any atom is -0.386 e. The van der Waals surface area contributed by atoms with Gasteiger partial charge in [0, 0.05) is 0 Å². The van der Waals surface area contributed by atoms with Gasteiger partial charge in [-0.2, -0.15) is 0 Å². The second-order valence-electron chi connectivity index (χ2n) is 4.52. The molecule has 0 aromatic carbocycles. The largest absolute Gasteiger partial charge is 0.386 e. The Bertz CT molecular complexity index is 377. The molecule has 15 heavy (non-hydrogen) atoms. The molecule has 1 aromatic heterocycles. The molecule has 1 aliphatic carbocycles. The zero-order valence-electron chi connectivity index (χ0n) is 8.35. The number of rotatable bonds is 2. The van der Waals surface area contributed by atoms with Gasteiger partial charge in [0.05, 0.1) is 18.0 Å². The molecule has 1 N–H and O–H groups in total. The highest BCUT2D eigenvalue weighted by molar-refractivity contribution is 7.12. The van der Waals surface area contributed by atoms with Crippen molar-refractivity contribution in [2.75, 3.05) is 13.1 Å². The standard InChI is InChI=1S/C11H13NO2S/c13-10(9-2-1-5-15-9)12-6-11(14,7-12)8-3-4-8/h1-2,5,8,14H,3-4,6-7H2. The van der Waals surface area contributed by atoms with Crippen molar-refractivity contribution in [1.29, 1.82) is 0 Å². The minimum absolute atomic E-state index is 0.0651. The molecule has 0 unspecified atom stereocenters. The Morgan fingerprint density at radius 2 is 2.27 bits per heavy atom. The fraction of sp³-hybridized carbons (Fsp3) is 0.545. The lowest BCUT2D eigenvalue weighted by Crippen LogP contribution is -2.64. The number of nitrogens with zero attached hydrogens (tertiary/aromatic N) is 1. The average molecular weight is 223 g/mol. The first-order valence-electron chi connectivity index (χ1n) is 5.24. The number of aliphatic hydroxyl groups is 1. The Morgan fingerprint density at radius 1 is 1.53 bits per heavy atom. The van der Waals surface area contributed by atoms with Crippen molar-refractivity contribution < 1.29 is 9.90 Å². The third kappa shape index (κ3) is 1.48. The molecular formula is C11H13NO2S. The van der Waals surface area contributed by atoms with E-state index < -0.39 is 5.60 Å². The molecule has 0 radical (unpaired) electrons. The van der Waals surface area contributed by atoms with Gasteiger partial charge in [-0.1, -0.05) is 6.07 Å². The number of likely N-dealkylation sites (tertiary alicyclic amines) is 1. The Labute approximate surface area is 92.3 Å². The molecule has 4 heteroatoms. The van der Waals surface area contributed by atoms with E-state index in [9.17, 15) is 9.90 Å². The normalized spacial score (nSPS) is 23.7. The van der Waals surface area contributed by atoms with Gasteiger partial charge < -0.3 is 10.0 Å². The van der Waals surface area contributed by atoms with Crippen LogP contribution in [0.4, 0.5) is 0 Å². The lowest BCUT2D eigenvalue weighted by Gasteiger charge is -2.46. The van der Waals surface area contributed by atoms with E-state index in [-0.39, 0.29) is 5.91 Å². The van der Waals surface area contributed by atoms with Crippen LogP contribution in [-0.4, -0.2) is 34.6 Å². The first-order chi connectivity index (χ1) is 7.19. The molecule has 1 saturated heterocycles. The first-order valence-corrected chi connectivity index (χ1v) is 6.12. The van der Waals surface area contributed by atoms with Crippen LogP contribution in [-0.2, 0) is 0 Å². The van der Waals surface area contributed by atoms with Crippen LogP contribution < -0.4 is 0 Å². The second-order valence-corrected chi connectivity index (χ2v) is 5.46. The van der Waals surface area contributed by atoms with E-state index in [1.807, 2.05) is 17.5 Å². The molecule has 1 amide bonds. The zero-order chi connectivity index (χ0) is 10.5. The second kappa shape index (κ2) is 3.06. The molecular weight excluding hydrogens is 210 g/mol. The predicted octanol–water partition coefficient (Wildman–Crippen LogP) is 1.34. The summed E-state index contributed by atoms with van der Waals surface area (Å²) in [6.07, 6.45) is 2.25. The van der Waals surface area contributed by atoms with Gasteiger partial charge in [-0.3, -0.25) is 4.79 Å². The number of carbonyl (C=O) groups excluding carboxylic acids is 1. The summed E-state index contributed by atoms with van der Waals surface area (Å²) in [4.78, 5) is 14.4. The predicted molar refractivity (Wildman–Crippen MR) is 57.9 cm³/mol. The van der Waals surface area contributed by atoms with Crippen LogP contribution >= 0.6 is 11.3 Å². The topological polar surface area (TPSA) is 40.5 Å². The van der Waals surface area contributed by atoms with E-state index in [0.29, 0.717) is 19.0 Å². The number of carbonyl (C=O) groups is 1. The highest BCUT2D eigenvalue weighted by Gasteiger charge is 2.53. The average Bonchev–Trinajstić information content (AvgIpc) is 2.89. The Balaban J connectivity index is 1.65. The van der Waals surface area contributed by atoms with Crippen molar-refractivity contribution in [2.24, 2.45) is 5.92 Å². The third-order valence-electron chi connectivity index (χ3n) is 3.29. The van der Waals surface area contributed by atoms with Crippen LogP contribution in [0.3, 0.4) is 0 Å². The van der Waals surface area contributed by atoms with Crippen LogP contribution in [0.2, 0.25) is 0 Å². The number of amides is 1. The third-order valence-corrected chi connectivity index (χ3v) is 4.14. The quantitative estimate of drug-likeness (QED) is 0.822. The van der Waals surface area contributed by atoms with Crippen LogP contribution in [0.1, 0.15) is 22.5 Å². The van der Waals surface area contributed by atoms with Crippen molar-refractivity contribution in [1.82, 2.24) is 4.90 Å². The van der Waals surface area contributed by atoms with E-state index in [1.165, 1.54) is 11.3 Å². The van der Waals surface area contributed by atoms with Gasteiger partial charge in [-0.25, -0.2) is 0 Å². The summed E-state index contributed by atoms with van der Waals surface area (Å²) in [7, 11) is 0. The molecule has 1 saturated carbocycles. The summed E-state index contributed by atoms with van der Waals surface area (Å²) in [5.41, 5.74) is -0.563. The summed E-state index contributed by atoms with van der Waals surface area (Å²) in [6.45, 7) is 1.04. The van der Waals surface area contributed by atoms with E-state index in [4.69, 9.17) is 0 Å². The van der Waals surface area contributed by atoms with Gasteiger partial charge >= 0.3 is 0 Å². The Hall–Kier alpha value is -0.870. The van der Waals surface area contributed by atoms with Crippen LogP contribution in [0.25, 0.3) is 0 Å². The molecule has 2 fully saturated rings. The number of β-amino-alcohol motifs (C(OH)–C–C–N with tert-alkyl or cyclic N) is 1. The highest BCUT2D eigenvalue weighted by atomic mass is 32.1. The van der Waals surface area contributed by atoms with Gasteiger partial charge in [-0.15, -0.1) is 11.3 Å².